The van der Waals surface area contributed by atoms with E-state index in [-0.39, 0.29) is 35.6 Å². The van der Waals surface area contributed by atoms with E-state index in [0.29, 0.717) is 11.4 Å². The molecule has 11 heteroatoms. The minimum absolute atomic E-state index is 0.0235. The Bertz CT molecular complexity index is 1800. The van der Waals surface area contributed by atoms with Crippen LogP contribution in [-0.4, -0.2) is 58.0 Å². The molecule has 1 aliphatic carbocycles. The van der Waals surface area contributed by atoms with Crippen LogP contribution < -0.4 is 19.1 Å². The molecule has 5 rings (SSSR count). The van der Waals surface area contributed by atoms with Crippen molar-refractivity contribution in [2.45, 2.75) is 62.0 Å². The standard InChI is InChI=1S/C38H42BrN3O6S/c1-47-35-23-22-33(25-36(35)48-2)49(45,46)42(32-16-10-5-11-17-32)27-37(43)41(26-29-18-20-30(39)21-19-29)34(24-28-12-6-3-7-13-28)38(44)40-31-14-8-4-9-15-31/h3,5-7,10-13,16-23,25,31,34H,4,8-9,14-15,24,26-27H2,1-2H3,(H,40,44)/t34-/m0/s1. The number of halogens is 1. The van der Waals surface area contributed by atoms with Crippen molar-refractivity contribution in [1.29, 1.82) is 0 Å². The maximum absolute atomic E-state index is 14.7. The fourth-order valence-corrected chi connectivity index (χ4v) is 7.81. The van der Waals surface area contributed by atoms with Gasteiger partial charge in [-0.15, -0.1) is 0 Å². The Morgan fingerprint density at radius 1 is 0.816 bits per heavy atom. The van der Waals surface area contributed by atoms with Gasteiger partial charge in [-0.1, -0.05) is 95.9 Å². The number of rotatable bonds is 14. The highest BCUT2D eigenvalue weighted by Gasteiger charge is 2.35. The number of benzene rings is 4. The zero-order chi connectivity index (χ0) is 34.8. The molecule has 1 saturated carbocycles. The van der Waals surface area contributed by atoms with Gasteiger partial charge >= 0.3 is 0 Å². The largest absolute Gasteiger partial charge is 0.493 e. The van der Waals surface area contributed by atoms with Gasteiger partial charge in [-0.2, -0.15) is 0 Å². The van der Waals surface area contributed by atoms with Crippen LogP contribution in [0.1, 0.15) is 43.2 Å². The van der Waals surface area contributed by atoms with Crippen LogP contribution in [0.2, 0.25) is 0 Å². The summed E-state index contributed by atoms with van der Waals surface area (Å²) in [6, 6.07) is 29.0. The molecule has 1 atom stereocenters. The van der Waals surface area contributed by atoms with Crippen molar-refractivity contribution < 1.29 is 27.5 Å². The van der Waals surface area contributed by atoms with Crippen molar-refractivity contribution in [2.24, 2.45) is 0 Å². The van der Waals surface area contributed by atoms with E-state index < -0.39 is 28.5 Å². The van der Waals surface area contributed by atoms with E-state index in [0.717, 1.165) is 52.0 Å². The minimum Gasteiger partial charge on any atom is -0.493 e. The Hall–Kier alpha value is -4.35. The van der Waals surface area contributed by atoms with Crippen LogP contribution in [0.25, 0.3) is 0 Å². The molecule has 0 aromatic heterocycles. The number of carbonyl (C=O) groups excluding carboxylic acids is 2. The quantitative estimate of drug-likeness (QED) is 0.153. The predicted molar refractivity (Wildman–Crippen MR) is 194 cm³/mol. The number of ether oxygens (including phenoxy) is 2. The van der Waals surface area contributed by atoms with Crippen LogP contribution in [0, 0.1) is 0 Å². The number of anilines is 1. The number of para-hydroxylation sites is 1. The molecule has 1 N–H and O–H groups in total. The molecular formula is C38H42BrN3O6S. The lowest BCUT2D eigenvalue weighted by molar-refractivity contribution is -0.140. The van der Waals surface area contributed by atoms with Crippen LogP contribution in [0.15, 0.2) is 112 Å². The Morgan fingerprint density at radius 3 is 2.08 bits per heavy atom. The summed E-state index contributed by atoms with van der Waals surface area (Å²) in [5, 5.41) is 3.24. The summed E-state index contributed by atoms with van der Waals surface area (Å²) < 4.78 is 41.5. The predicted octanol–water partition coefficient (Wildman–Crippen LogP) is 6.75. The smallest absolute Gasteiger partial charge is 0.264 e. The number of carbonyl (C=O) groups is 2. The van der Waals surface area contributed by atoms with Crippen LogP contribution in [0.5, 0.6) is 11.5 Å². The molecule has 0 radical (unpaired) electrons. The average Bonchev–Trinajstić information content (AvgIpc) is 3.13. The van der Waals surface area contributed by atoms with Crippen molar-refractivity contribution in [3.05, 3.63) is 119 Å². The summed E-state index contributed by atoms with van der Waals surface area (Å²) >= 11 is 3.48. The molecule has 258 valence electrons. The second-order valence-corrected chi connectivity index (χ2v) is 14.8. The van der Waals surface area contributed by atoms with Gasteiger partial charge in [0.1, 0.15) is 12.6 Å². The molecule has 0 saturated heterocycles. The number of sulfonamides is 1. The highest BCUT2D eigenvalue weighted by Crippen LogP contribution is 2.32. The fourth-order valence-electron chi connectivity index (χ4n) is 6.11. The van der Waals surface area contributed by atoms with Crippen molar-refractivity contribution in [3.8, 4) is 11.5 Å². The van der Waals surface area contributed by atoms with Gasteiger partial charge in [0.2, 0.25) is 11.8 Å². The average molecular weight is 749 g/mol. The highest BCUT2D eigenvalue weighted by molar-refractivity contribution is 9.10. The van der Waals surface area contributed by atoms with Crippen LogP contribution >= 0.6 is 15.9 Å². The zero-order valence-corrected chi connectivity index (χ0v) is 30.2. The SMILES string of the molecule is COc1ccc(S(=O)(=O)N(CC(=O)N(Cc2ccc(Br)cc2)[C@@H](Cc2ccccc2)C(=O)NC2CCCCC2)c2ccccc2)cc1OC. The van der Waals surface area contributed by atoms with Crippen molar-refractivity contribution in [1.82, 2.24) is 10.2 Å². The molecule has 0 aliphatic heterocycles. The number of nitrogens with zero attached hydrogens (tertiary/aromatic N) is 2. The topological polar surface area (TPSA) is 105 Å². The summed E-state index contributed by atoms with van der Waals surface area (Å²) in [6.07, 6.45) is 5.24. The Morgan fingerprint density at radius 2 is 1.45 bits per heavy atom. The Labute approximate surface area is 297 Å². The first-order chi connectivity index (χ1) is 23.7. The van der Waals surface area contributed by atoms with E-state index in [4.69, 9.17) is 9.47 Å². The molecular weight excluding hydrogens is 706 g/mol. The number of nitrogens with one attached hydrogen (secondary N) is 1. The first-order valence-corrected chi connectivity index (χ1v) is 18.6. The molecule has 49 heavy (non-hydrogen) atoms. The molecule has 9 nitrogen and oxygen atoms in total. The van der Waals surface area contributed by atoms with E-state index >= 15 is 0 Å². The monoisotopic (exact) mass is 747 g/mol. The third-order valence-electron chi connectivity index (χ3n) is 8.75. The molecule has 0 bridgehead atoms. The van der Waals surface area contributed by atoms with Crippen molar-refractivity contribution in [2.75, 3.05) is 25.1 Å². The maximum Gasteiger partial charge on any atom is 0.264 e. The summed E-state index contributed by atoms with van der Waals surface area (Å²) in [7, 11) is -1.40. The number of hydrogen-bond acceptors (Lipinski definition) is 6. The van der Waals surface area contributed by atoms with Gasteiger partial charge in [0.05, 0.1) is 24.8 Å². The lowest BCUT2D eigenvalue weighted by atomic mass is 9.94. The second kappa shape index (κ2) is 16.8. The maximum atomic E-state index is 14.7. The van der Waals surface area contributed by atoms with Crippen molar-refractivity contribution in [3.63, 3.8) is 0 Å². The summed E-state index contributed by atoms with van der Waals surface area (Å²) in [4.78, 5) is 30.4. The van der Waals surface area contributed by atoms with Gasteiger partial charge in [0.15, 0.2) is 11.5 Å². The third kappa shape index (κ3) is 9.21. The highest BCUT2D eigenvalue weighted by atomic mass is 79.9. The summed E-state index contributed by atoms with van der Waals surface area (Å²) in [5.74, 6) is -0.162. The molecule has 0 unspecified atom stereocenters. The first-order valence-electron chi connectivity index (χ1n) is 16.4. The summed E-state index contributed by atoms with van der Waals surface area (Å²) in [5.41, 5.74) is 1.99. The van der Waals surface area contributed by atoms with Gasteiger partial charge in [-0.25, -0.2) is 8.42 Å². The van der Waals surface area contributed by atoms with Gasteiger partial charge in [-0.05, 0) is 60.4 Å². The summed E-state index contributed by atoms with van der Waals surface area (Å²) in [6.45, 7) is -0.444. The zero-order valence-electron chi connectivity index (χ0n) is 27.8. The molecule has 4 aromatic carbocycles. The van der Waals surface area contributed by atoms with E-state index in [1.165, 1.54) is 37.3 Å². The van der Waals surface area contributed by atoms with E-state index in [2.05, 4.69) is 21.2 Å². The van der Waals surface area contributed by atoms with Gasteiger partial charge < -0.3 is 19.7 Å². The van der Waals surface area contributed by atoms with Crippen LogP contribution in [0.4, 0.5) is 5.69 Å². The second-order valence-electron chi connectivity index (χ2n) is 12.1. The number of amides is 2. The number of methoxy groups -OCH3 is 2. The molecule has 0 spiro atoms. The third-order valence-corrected chi connectivity index (χ3v) is 11.1. The molecule has 4 aromatic rings. The fraction of sp³-hybridized carbons (Fsp3) is 0.316. The normalized spacial score (nSPS) is 14.0. The molecule has 2 amide bonds. The minimum atomic E-state index is -4.30. The van der Waals surface area contributed by atoms with E-state index in [1.807, 2.05) is 54.6 Å². The van der Waals surface area contributed by atoms with E-state index in [9.17, 15) is 18.0 Å². The van der Waals surface area contributed by atoms with E-state index in [1.54, 1.807) is 30.3 Å². The number of hydrogen-bond donors (Lipinski definition) is 1. The molecule has 1 fully saturated rings. The lowest BCUT2D eigenvalue weighted by Gasteiger charge is -2.35. The first kappa shape index (κ1) is 35.9. The van der Waals surface area contributed by atoms with Crippen molar-refractivity contribution >= 4 is 43.5 Å². The van der Waals surface area contributed by atoms with Gasteiger partial charge in [0, 0.05) is 29.5 Å². The molecule has 1 aliphatic rings. The van der Waals surface area contributed by atoms with Gasteiger partial charge in [-0.3, -0.25) is 13.9 Å². The Kier molecular flexibility index (Phi) is 12.4. The van der Waals surface area contributed by atoms with Crippen LogP contribution in [-0.2, 0) is 32.6 Å². The van der Waals surface area contributed by atoms with Gasteiger partial charge in [0.25, 0.3) is 10.0 Å². The van der Waals surface area contributed by atoms with Crippen LogP contribution in [0.3, 0.4) is 0 Å². The lowest BCUT2D eigenvalue weighted by Crippen LogP contribution is -2.55. The Balaban J connectivity index is 1.56. The molecule has 0 heterocycles.